The number of nitrogens with zero attached hydrogens (tertiary/aromatic N) is 6. The van der Waals surface area contributed by atoms with Crippen LogP contribution in [0.25, 0.3) is 27.3 Å². The third-order valence-electron chi connectivity index (χ3n) is 6.38. The van der Waals surface area contributed by atoms with Gasteiger partial charge in [0.2, 0.25) is 5.82 Å². The molecule has 1 fully saturated rings. The van der Waals surface area contributed by atoms with E-state index in [2.05, 4.69) is 44.2 Å². The fourth-order valence-electron chi connectivity index (χ4n) is 4.52. The number of amides is 1. The lowest BCUT2D eigenvalue weighted by Crippen LogP contribution is -2.48. The van der Waals surface area contributed by atoms with Gasteiger partial charge in [0.1, 0.15) is 5.82 Å². The first kappa shape index (κ1) is 22.5. The van der Waals surface area contributed by atoms with Crippen LogP contribution in [0.1, 0.15) is 16.2 Å². The summed E-state index contributed by atoms with van der Waals surface area (Å²) in [6.07, 6.45) is 1.82. The molecule has 6 rings (SSSR count). The van der Waals surface area contributed by atoms with Gasteiger partial charge in [0, 0.05) is 44.3 Å². The summed E-state index contributed by atoms with van der Waals surface area (Å²) in [6.45, 7) is 3.49. The van der Waals surface area contributed by atoms with E-state index in [1.54, 1.807) is 21.7 Å². The van der Waals surface area contributed by atoms with Crippen LogP contribution in [0.2, 0.25) is 0 Å². The fraction of sp³-hybridized carbons (Fsp3) is 0.185. The Balaban J connectivity index is 1.19. The molecule has 2 aromatic carbocycles. The van der Waals surface area contributed by atoms with E-state index in [-0.39, 0.29) is 17.5 Å². The number of piperazine rings is 1. The van der Waals surface area contributed by atoms with Gasteiger partial charge in [-0.1, -0.05) is 30.3 Å². The van der Waals surface area contributed by atoms with Crippen molar-refractivity contribution in [3.05, 3.63) is 95.5 Å². The minimum absolute atomic E-state index is 0.148. The Morgan fingerprint density at radius 1 is 0.944 bits per heavy atom. The number of halogens is 1. The average Bonchev–Trinajstić information content (AvgIpc) is 3.60. The number of carbonyl (C=O) groups excluding carboxylic acids is 1. The maximum absolute atomic E-state index is 13.5. The largest absolute Gasteiger partial charge is 0.333 e. The molecule has 0 N–H and O–H groups in total. The number of aromatic nitrogens is 4. The second-order valence-electron chi connectivity index (χ2n) is 8.69. The summed E-state index contributed by atoms with van der Waals surface area (Å²) >= 11 is 1.52. The van der Waals surface area contributed by atoms with Crippen molar-refractivity contribution in [2.45, 2.75) is 6.54 Å². The molecule has 4 heterocycles. The molecule has 36 heavy (non-hydrogen) atoms. The molecule has 1 amide bonds. The molecule has 3 aromatic heterocycles. The van der Waals surface area contributed by atoms with E-state index in [9.17, 15) is 9.18 Å². The summed E-state index contributed by atoms with van der Waals surface area (Å²) in [4.78, 5) is 27.6. The van der Waals surface area contributed by atoms with Gasteiger partial charge in [-0.2, -0.15) is 0 Å². The lowest BCUT2D eigenvalue weighted by atomic mass is 10.1. The Morgan fingerprint density at radius 2 is 1.75 bits per heavy atom. The van der Waals surface area contributed by atoms with Crippen LogP contribution in [0.4, 0.5) is 4.39 Å². The van der Waals surface area contributed by atoms with E-state index < -0.39 is 0 Å². The lowest BCUT2D eigenvalue weighted by molar-refractivity contribution is 0.0617. The van der Waals surface area contributed by atoms with Crippen LogP contribution in [-0.2, 0) is 6.54 Å². The molecule has 9 heteroatoms. The van der Waals surface area contributed by atoms with Crippen molar-refractivity contribution >= 4 is 28.1 Å². The molecule has 1 aliphatic rings. The third-order valence-corrected chi connectivity index (χ3v) is 7.25. The Labute approximate surface area is 211 Å². The van der Waals surface area contributed by atoms with Crippen LogP contribution in [-0.4, -0.2) is 61.6 Å². The maximum Gasteiger partial charge on any atom is 0.293 e. The van der Waals surface area contributed by atoms with Crippen molar-refractivity contribution in [2.75, 3.05) is 26.2 Å². The van der Waals surface area contributed by atoms with Crippen LogP contribution in [0, 0.1) is 5.82 Å². The molecule has 0 radical (unpaired) electrons. The van der Waals surface area contributed by atoms with E-state index >= 15 is 0 Å². The molecule has 180 valence electrons. The monoisotopic (exact) mass is 498 g/mol. The summed E-state index contributed by atoms with van der Waals surface area (Å²) < 4.78 is 15.1. The second kappa shape index (κ2) is 9.60. The van der Waals surface area contributed by atoms with Crippen molar-refractivity contribution in [3.63, 3.8) is 0 Å². The van der Waals surface area contributed by atoms with Gasteiger partial charge in [0.15, 0.2) is 5.82 Å². The van der Waals surface area contributed by atoms with Gasteiger partial charge in [-0.3, -0.25) is 14.7 Å². The molecule has 0 aliphatic carbocycles. The summed E-state index contributed by atoms with van der Waals surface area (Å²) in [5.74, 6) is 0.196. The number of hydrogen-bond acceptors (Lipinski definition) is 6. The normalized spacial score (nSPS) is 14.4. The van der Waals surface area contributed by atoms with Gasteiger partial charge >= 0.3 is 0 Å². The molecule has 0 unspecified atom stereocenters. The summed E-state index contributed by atoms with van der Waals surface area (Å²) in [7, 11) is 0. The number of thiophene rings is 1. The highest BCUT2D eigenvalue weighted by Gasteiger charge is 2.27. The molecule has 5 aromatic rings. The van der Waals surface area contributed by atoms with Gasteiger partial charge in [0.05, 0.1) is 16.1 Å². The van der Waals surface area contributed by atoms with Crippen LogP contribution in [0.3, 0.4) is 0 Å². The number of pyridine rings is 1. The summed E-state index contributed by atoms with van der Waals surface area (Å²) in [6, 6.07) is 20.2. The van der Waals surface area contributed by atoms with Crippen LogP contribution in [0.15, 0.2) is 78.3 Å². The predicted octanol–water partition coefficient (Wildman–Crippen LogP) is 4.64. The molecular formula is C27H23FN6OS. The zero-order valence-corrected chi connectivity index (χ0v) is 20.2. The van der Waals surface area contributed by atoms with Gasteiger partial charge in [0.25, 0.3) is 5.91 Å². The Morgan fingerprint density at radius 3 is 2.53 bits per heavy atom. The number of carbonyl (C=O) groups is 1. The maximum atomic E-state index is 13.5. The first-order valence-corrected chi connectivity index (χ1v) is 12.6. The van der Waals surface area contributed by atoms with Crippen molar-refractivity contribution < 1.29 is 9.18 Å². The van der Waals surface area contributed by atoms with Crippen LogP contribution >= 0.6 is 11.3 Å². The number of hydrogen-bond donors (Lipinski definition) is 0. The summed E-state index contributed by atoms with van der Waals surface area (Å²) in [5.41, 5.74) is 2.86. The second-order valence-corrected chi connectivity index (χ2v) is 9.63. The number of para-hydroxylation sites is 1. The quantitative estimate of drug-likeness (QED) is 0.353. The predicted molar refractivity (Wildman–Crippen MR) is 138 cm³/mol. The molecule has 7 nitrogen and oxygen atoms in total. The topological polar surface area (TPSA) is 67.2 Å². The molecule has 1 aliphatic heterocycles. The molecule has 0 atom stereocenters. The average molecular weight is 499 g/mol. The van der Waals surface area contributed by atoms with Crippen molar-refractivity contribution in [3.8, 4) is 16.4 Å². The van der Waals surface area contributed by atoms with Crippen LogP contribution in [0.5, 0.6) is 0 Å². The van der Waals surface area contributed by atoms with Crippen molar-refractivity contribution in [1.82, 2.24) is 29.5 Å². The minimum atomic E-state index is -0.329. The Bertz CT molecular complexity index is 1500. The van der Waals surface area contributed by atoms with E-state index in [1.807, 2.05) is 29.8 Å². The molecule has 0 saturated carbocycles. The van der Waals surface area contributed by atoms with E-state index in [0.717, 1.165) is 35.4 Å². The van der Waals surface area contributed by atoms with E-state index in [1.165, 1.54) is 29.0 Å². The standard InChI is InChI=1S/C27H23FN6OS/c28-21-8-10-22(11-9-21)34-26(23-7-3-17-36-23)30-25(31-34)27(35)33-15-13-32(14-16-33)18-20-5-1-4-19-6-2-12-29-24(19)20/h1-12,17H,13-16,18H2. The zero-order valence-electron chi connectivity index (χ0n) is 19.4. The smallest absolute Gasteiger partial charge is 0.293 e. The van der Waals surface area contributed by atoms with Crippen LogP contribution < -0.4 is 0 Å². The highest BCUT2D eigenvalue weighted by atomic mass is 32.1. The lowest BCUT2D eigenvalue weighted by Gasteiger charge is -2.34. The summed E-state index contributed by atoms with van der Waals surface area (Å²) in [5, 5.41) is 7.62. The fourth-order valence-corrected chi connectivity index (χ4v) is 5.22. The van der Waals surface area contributed by atoms with Gasteiger partial charge < -0.3 is 4.90 Å². The van der Waals surface area contributed by atoms with E-state index in [4.69, 9.17) is 0 Å². The first-order chi connectivity index (χ1) is 17.7. The Hall–Kier alpha value is -3.95. The highest BCUT2D eigenvalue weighted by molar-refractivity contribution is 7.13. The molecule has 0 spiro atoms. The Kier molecular flexibility index (Phi) is 6.00. The van der Waals surface area contributed by atoms with E-state index in [0.29, 0.717) is 24.6 Å². The van der Waals surface area contributed by atoms with Crippen molar-refractivity contribution in [2.24, 2.45) is 0 Å². The van der Waals surface area contributed by atoms with Crippen molar-refractivity contribution in [1.29, 1.82) is 0 Å². The molecule has 0 bridgehead atoms. The third kappa shape index (κ3) is 4.38. The number of fused-ring (bicyclic) bond motifs is 1. The van der Waals surface area contributed by atoms with Gasteiger partial charge in [-0.05, 0) is 47.3 Å². The number of rotatable bonds is 5. The zero-order chi connectivity index (χ0) is 24.5. The molecule has 1 saturated heterocycles. The minimum Gasteiger partial charge on any atom is -0.333 e. The highest BCUT2D eigenvalue weighted by Crippen LogP contribution is 2.26. The first-order valence-electron chi connectivity index (χ1n) is 11.8. The molecular weight excluding hydrogens is 475 g/mol. The van der Waals surface area contributed by atoms with Gasteiger partial charge in [-0.25, -0.2) is 14.1 Å². The number of benzene rings is 2. The van der Waals surface area contributed by atoms with Gasteiger partial charge in [-0.15, -0.1) is 16.4 Å². The SMILES string of the molecule is O=C(c1nc(-c2cccs2)n(-c2ccc(F)cc2)n1)N1CCN(Cc2cccc3cccnc23)CC1.